The predicted molar refractivity (Wildman–Crippen MR) is 371 cm³/mol. The van der Waals surface area contributed by atoms with Crippen molar-refractivity contribution in [1.29, 1.82) is 0 Å². The number of allylic oxidation sites excluding steroid dienone is 1. The van der Waals surface area contributed by atoms with Gasteiger partial charge in [0.25, 0.3) is 0 Å². The average Bonchev–Trinajstić information content (AvgIpc) is 1.37. The standard InChI is InChI=1S/C70H132O12Si5/c1-46-39-51-35-37-55-47(2)40-50(74-55)33-31-30-32-34-57(80-85(24,25)68(10,11)12)63-65(82-87(28,29)70(16,17)18)64(81-86(26,27)69(13,14)15)62-56(78-63)38-36-52(76-62)41-49(71)42-54-59(44-58(75-51)48(46)3)77-60(61(54)72-19)43-53(79-84(22,23)67(7,8)9)45-73-83(20,21)66(4,5)6/h32,34,46,50-65H,2-3,30-31,33,35-45H2,1,4-29H3/b34-32+/t46-,50+,51+,52-,53+,54?,55?,56+,57?,58?,59+,60-,61-,62+,63+,64?,65?/m1/s1. The summed E-state index contributed by atoms with van der Waals surface area (Å²) in [6.07, 6.45) is 9.76. The van der Waals surface area contributed by atoms with Crippen molar-refractivity contribution in [2.45, 2.75) is 376 Å². The molecule has 0 aromatic rings. The third-order valence-corrected chi connectivity index (χ3v) is 46.0. The van der Waals surface area contributed by atoms with Crippen molar-refractivity contribution in [1.82, 2.24) is 0 Å². The van der Waals surface area contributed by atoms with Gasteiger partial charge in [-0.25, -0.2) is 0 Å². The van der Waals surface area contributed by atoms with E-state index in [0.717, 1.165) is 56.9 Å². The summed E-state index contributed by atoms with van der Waals surface area (Å²) in [4.78, 5) is 15.4. The van der Waals surface area contributed by atoms with Crippen LogP contribution in [0.3, 0.4) is 0 Å². The highest BCUT2D eigenvalue weighted by Gasteiger charge is 2.59. The van der Waals surface area contributed by atoms with Crippen LogP contribution in [0, 0.1) is 11.8 Å². The van der Waals surface area contributed by atoms with E-state index in [-0.39, 0.29) is 117 Å². The molecule has 87 heavy (non-hydrogen) atoms. The fraction of sp³-hybridized carbons (Fsp3) is 0.900. The lowest BCUT2D eigenvalue weighted by atomic mass is 9.81. The zero-order valence-corrected chi connectivity index (χ0v) is 65.7. The van der Waals surface area contributed by atoms with Gasteiger partial charge in [-0.3, -0.25) is 4.79 Å². The van der Waals surface area contributed by atoms with E-state index in [4.69, 9.17) is 57.1 Å². The van der Waals surface area contributed by atoms with Crippen LogP contribution in [0.1, 0.15) is 194 Å². The zero-order chi connectivity index (χ0) is 65.6. The first kappa shape index (κ1) is 75.6. The van der Waals surface area contributed by atoms with Gasteiger partial charge >= 0.3 is 0 Å². The van der Waals surface area contributed by atoms with E-state index in [2.05, 4.69) is 195 Å². The molecule has 0 spiro atoms. The van der Waals surface area contributed by atoms with Crippen LogP contribution in [0.2, 0.25) is 90.7 Å². The third kappa shape index (κ3) is 18.7. The molecule has 0 aromatic heterocycles. The van der Waals surface area contributed by atoms with Crippen molar-refractivity contribution in [2.24, 2.45) is 11.8 Å². The second-order valence-electron chi connectivity index (χ2n) is 35.5. The molecule has 0 amide bonds. The van der Waals surface area contributed by atoms with Crippen molar-refractivity contribution in [3.63, 3.8) is 0 Å². The summed E-state index contributed by atoms with van der Waals surface area (Å²) >= 11 is 0. The number of ketones is 1. The van der Waals surface area contributed by atoms with Crippen molar-refractivity contribution in [2.75, 3.05) is 13.7 Å². The van der Waals surface area contributed by atoms with Crippen molar-refractivity contribution >= 4 is 47.4 Å². The van der Waals surface area contributed by atoms with Gasteiger partial charge in [0.2, 0.25) is 0 Å². The molecule has 0 saturated carbocycles. The van der Waals surface area contributed by atoms with E-state index in [0.29, 0.717) is 25.9 Å². The van der Waals surface area contributed by atoms with E-state index >= 15 is 4.79 Å². The van der Waals surface area contributed by atoms with Crippen molar-refractivity contribution < 1.29 is 55.3 Å². The van der Waals surface area contributed by atoms with E-state index in [1.165, 1.54) is 5.57 Å². The lowest BCUT2D eigenvalue weighted by molar-refractivity contribution is -0.266. The fourth-order valence-electron chi connectivity index (χ4n) is 12.6. The molecule has 0 radical (unpaired) electrons. The lowest BCUT2D eigenvalue weighted by Crippen LogP contribution is -2.69. The Labute approximate surface area is 538 Å². The van der Waals surface area contributed by atoms with Gasteiger partial charge in [0.05, 0.1) is 73.8 Å². The summed E-state index contributed by atoms with van der Waals surface area (Å²) in [5, 5.41) is -0.254. The van der Waals surface area contributed by atoms with Crippen LogP contribution in [-0.2, 0) is 55.3 Å². The summed E-state index contributed by atoms with van der Waals surface area (Å²) in [6, 6.07) is 0. The molecule has 5 fully saturated rings. The Morgan fingerprint density at radius 2 is 1.08 bits per heavy atom. The summed E-state index contributed by atoms with van der Waals surface area (Å²) < 4.78 is 80.8. The van der Waals surface area contributed by atoms with Crippen molar-refractivity contribution in [3.8, 4) is 0 Å². The van der Waals surface area contributed by atoms with Crippen LogP contribution in [0.5, 0.6) is 0 Å². The Bertz CT molecular complexity index is 2320. The maximum absolute atomic E-state index is 15.4. The van der Waals surface area contributed by atoms with Gasteiger partial charge in [0.1, 0.15) is 30.2 Å². The Balaban J connectivity index is 1.44. The van der Waals surface area contributed by atoms with Crippen LogP contribution in [-0.4, -0.2) is 153 Å². The first-order valence-electron chi connectivity index (χ1n) is 34.3. The molecule has 12 nitrogen and oxygen atoms in total. The molecule has 0 aliphatic carbocycles. The van der Waals surface area contributed by atoms with Gasteiger partial charge < -0.3 is 50.6 Å². The minimum atomic E-state index is -2.52. The van der Waals surface area contributed by atoms with Gasteiger partial charge in [-0.1, -0.05) is 136 Å². The van der Waals surface area contributed by atoms with Crippen LogP contribution in [0.15, 0.2) is 36.5 Å². The second-order valence-corrected chi connectivity index (χ2v) is 59.4. The normalized spacial score (nSPS) is 34.8. The number of rotatable bonds is 14. The molecule has 8 rings (SSSR count). The highest BCUT2D eigenvalue weighted by Crippen LogP contribution is 2.50. The number of carbonyl (C=O) groups excluding carboxylic acids is 1. The first-order chi connectivity index (χ1) is 39.6. The Morgan fingerprint density at radius 3 is 1.64 bits per heavy atom. The third-order valence-electron chi connectivity index (χ3n) is 23.6. The minimum absolute atomic E-state index is 0.00116. The van der Waals surface area contributed by atoms with Crippen molar-refractivity contribution in [3.05, 3.63) is 36.5 Å². The van der Waals surface area contributed by atoms with E-state index in [1.54, 1.807) is 7.11 Å². The monoisotopic (exact) mass is 1300 g/mol. The molecule has 8 aliphatic rings. The largest absolute Gasteiger partial charge is 0.414 e. The lowest BCUT2D eigenvalue weighted by Gasteiger charge is -2.56. The number of fused-ring (bicyclic) bond motifs is 2. The minimum Gasteiger partial charge on any atom is -0.414 e. The van der Waals surface area contributed by atoms with E-state index in [1.807, 2.05) is 0 Å². The Hall–Kier alpha value is -0.466. The van der Waals surface area contributed by atoms with Gasteiger partial charge in [-0.05, 0) is 166 Å². The van der Waals surface area contributed by atoms with Gasteiger partial charge in [0, 0.05) is 38.7 Å². The first-order valence-corrected chi connectivity index (χ1v) is 48.8. The molecule has 5 saturated heterocycles. The molecule has 0 N–H and O–H groups in total. The predicted octanol–water partition coefficient (Wildman–Crippen LogP) is 18.0. The Kier molecular flexibility index (Phi) is 24.7. The molecular weight excluding hydrogens is 1170 g/mol. The number of carbonyl (C=O) groups is 1. The summed E-state index contributed by atoms with van der Waals surface area (Å²) in [6.45, 7) is 69.9. The molecule has 17 atom stereocenters. The molecule has 0 aromatic carbocycles. The summed E-state index contributed by atoms with van der Waals surface area (Å²) in [5.41, 5.74) is 2.27. The molecule has 8 heterocycles. The van der Waals surface area contributed by atoms with Gasteiger partial charge in [0.15, 0.2) is 41.6 Å². The van der Waals surface area contributed by atoms with Gasteiger partial charge in [-0.15, -0.1) is 0 Å². The second kappa shape index (κ2) is 28.5. The highest BCUT2D eigenvalue weighted by molar-refractivity contribution is 6.76. The number of methoxy groups -OCH3 is 1. The maximum Gasteiger partial charge on any atom is 0.193 e. The zero-order valence-electron chi connectivity index (χ0n) is 60.7. The number of hydrogen-bond donors (Lipinski definition) is 0. The number of ether oxygens (including phenoxy) is 6. The van der Waals surface area contributed by atoms with Crippen LogP contribution in [0.25, 0.3) is 0 Å². The van der Waals surface area contributed by atoms with Crippen LogP contribution >= 0.6 is 0 Å². The quantitative estimate of drug-likeness (QED) is 0.122. The highest BCUT2D eigenvalue weighted by atomic mass is 28.4. The average molecular weight is 1310 g/mol. The van der Waals surface area contributed by atoms with Crippen LogP contribution in [0.4, 0.5) is 0 Å². The fourth-order valence-corrected chi connectivity index (χ4v) is 18.8. The molecular formula is C70H132O12Si5. The summed E-state index contributed by atoms with van der Waals surface area (Å²) in [5.74, 6) is 0.145. The van der Waals surface area contributed by atoms with Crippen LogP contribution < -0.4 is 0 Å². The molecule has 8 bridgehead atoms. The molecule has 8 aliphatic heterocycles. The summed E-state index contributed by atoms with van der Waals surface area (Å²) in [7, 11) is -10.1. The SMILES string of the molecule is C=C1C[C@@H]2CCC/C=C/C(O[Si](C)(C)C(C)(C)C)[C@@H]3O[C@H]4CC[C@H](CC(=O)CC5[C@H](CC6O[C@@H](CCC1O2)C[C@@H](C)C6=C)O[C@H](C[C@@H](CO[Si](C)(C)C(C)(C)C)O[Si](C)(C)C(C)(C)C)[C@@H]5OC)O[C@@H]4C(O[Si](C)(C)C(C)(C)C)C3O[Si](C)(C)C(C)(C)C. The molecule has 6 unspecified atom stereocenters. The number of hydrogen-bond acceptors (Lipinski definition) is 12. The Morgan fingerprint density at radius 1 is 0.552 bits per heavy atom. The van der Waals surface area contributed by atoms with E-state index in [9.17, 15) is 0 Å². The molecule has 504 valence electrons. The number of Topliss-reactive ketones (excluding diaryl/α,β-unsaturated/α-hetero) is 1. The van der Waals surface area contributed by atoms with Gasteiger partial charge in [-0.2, -0.15) is 0 Å². The van der Waals surface area contributed by atoms with E-state index < -0.39 is 72.1 Å². The smallest absolute Gasteiger partial charge is 0.193 e. The maximum atomic E-state index is 15.4. The topological polar surface area (TPSA) is 119 Å². The molecule has 17 heteroatoms.